The Hall–Kier alpha value is -1.53. The van der Waals surface area contributed by atoms with Crippen LogP contribution in [-0.2, 0) is 0 Å². The molecule has 0 aliphatic heterocycles. The van der Waals surface area contributed by atoms with E-state index in [9.17, 15) is 0 Å². The van der Waals surface area contributed by atoms with Crippen LogP contribution in [0.3, 0.4) is 0 Å². The summed E-state index contributed by atoms with van der Waals surface area (Å²) in [7, 11) is 0. The van der Waals surface area contributed by atoms with Crippen molar-refractivity contribution in [3.05, 3.63) is 24.3 Å². The highest BCUT2D eigenvalue weighted by Crippen LogP contribution is 2.27. The summed E-state index contributed by atoms with van der Waals surface area (Å²) < 4.78 is 4.38. The van der Waals surface area contributed by atoms with E-state index in [1.807, 2.05) is 18.2 Å². The molecule has 16 heavy (non-hydrogen) atoms. The number of benzene rings is 1. The van der Waals surface area contributed by atoms with Crippen molar-refractivity contribution < 1.29 is 0 Å². The molecule has 82 valence electrons. The molecule has 0 saturated carbocycles. The van der Waals surface area contributed by atoms with Crippen LogP contribution in [0.4, 0.5) is 5.00 Å². The van der Waals surface area contributed by atoms with Crippen LogP contribution in [0.5, 0.6) is 0 Å². The van der Waals surface area contributed by atoms with Crippen molar-refractivity contribution in [2.45, 2.75) is 19.3 Å². The summed E-state index contributed by atoms with van der Waals surface area (Å²) >= 11 is 1.53. The molecule has 2 rings (SSSR count). The molecule has 1 aromatic carbocycles. The lowest BCUT2D eigenvalue weighted by atomic mass is 10.2. The van der Waals surface area contributed by atoms with Gasteiger partial charge in [0.05, 0.1) is 5.52 Å². The van der Waals surface area contributed by atoms with Crippen molar-refractivity contribution >= 4 is 27.4 Å². The van der Waals surface area contributed by atoms with Crippen LogP contribution in [0.2, 0.25) is 0 Å². The van der Waals surface area contributed by atoms with Crippen molar-refractivity contribution in [3.8, 4) is 12.3 Å². The zero-order chi connectivity index (χ0) is 11.2. The second-order valence-corrected chi connectivity index (χ2v) is 4.39. The highest BCUT2D eigenvalue weighted by molar-refractivity contribution is 7.11. The lowest BCUT2D eigenvalue weighted by Crippen LogP contribution is -1.99. The van der Waals surface area contributed by atoms with Crippen molar-refractivity contribution in [1.29, 1.82) is 0 Å². The minimum Gasteiger partial charge on any atom is -0.375 e. The number of hydrogen-bond acceptors (Lipinski definition) is 3. The van der Waals surface area contributed by atoms with Crippen LogP contribution < -0.4 is 5.32 Å². The summed E-state index contributed by atoms with van der Waals surface area (Å²) in [6, 6.07) is 8.19. The summed E-state index contributed by atoms with van der Waals surface area (Å²) in [5, 5.41) is 5.79. The third-order valence-electron chi connectivity index (χ3n) is 2.42. The number of hydrogen-bond donors (Lipinski definition) is 1. The quantitative estimate of drug-likeness (QED) is 0.628. The zero-order valence-electron chi connectivity index (χ0n) is 9.07. The lowest BCUT2D eigenvalue weighted by molar-refractivity contribution is 0.791. The number of fused-ring (bicyclic) bond motifs is 1. The van der Waals surface area contributed by atoms with Gasteiger partial charge in [0.15, 0.2) is 0 Å². The first-order valence-corrected chi connectivity index (χ1v) is 6.21. The van der Waals surface area contributed by atoms with E-state index in [0.29, 0.717) is 0 Å². The first kappa shape index (κ1) is 11.0. The van der Waals surface area contributed by atoms with Gasteiger partial charge in [0.25, 0.3) is 0 Å². The second-order valence-electron chi connectivity index (χ2n) is 3.62. The van der Waals surface area contributed by atoms with Gasteiger partial charge in [0.2, 0.25) is 0 Å². The monoisotopic (exact) mass is 230 g/mol. The number of nitrogens with one attached hydrogen (secondary N) is 1. The van der Waals surface area contributed by atoms with E-state index in [1.165, 1.54) is 16.9 Å². The largest absolute Gasteiger partial charge is 0.375 e. The number of nitrogens with zero attached hydrogens (tertiary/aromatic N) is 1. The van der Waals surface area contributed by atoms with E-state index in [2.05, 4.69) is 21.7 Å². The van der Waals surface area contributed by atoms with Gasteiger partial charge >= 0.3 is 0 Å². The molecule has 0 fully saturated rings. The molecule has 1 N–H and O–H groups in total. The predicted octanol–water partition coefficient (Wildman–Crippen LogP) is 3.51. The summed E-state index contributed by atoms with van der Waals surface area (Å²) in [5.74, 6) is 2.65. The van der Waals surface area contributed by atoms with Gasteiger partial charge in [-0.1, -0.05) is 12.1 Å². The van der Waals surface area contributed by atoms with Crippen molar-refractivity contribution in [2.24, 2.45) is 0 Å². The van der Waals surface area contributed by atoms with Crippen LogP contribution in [0.1, 0.15) is 19.3 Å². The molecular formula is C13H14N2S. The van der Waals surface area contributed by atoms with E-state index >= 15 is 0 Å². The van der Waals surface area contributed by atoms with E-state index in [4.69, 9.17) is 6.42 Å². The summed E-state index contributed by atoms with van der Waals surface area (Å²) in [6.45, 7) is 0.966. The molecule has 0 spiro atoms. The molecule has 1 heterocycles. The third-order valence-corrected chi connectivity index (χ3v) is 3.25. The maximum atomic E-state index is 5.20. The normalized spacial score (nSPS) is 10.2. The molecule has 0 aliphatic carbocycles. The van der Waals surface area contributed by atoms with E-state index in [-0.39, 0.29) is 0 Å². The fourth-order valence-electron chi connectivity index (χ4n) is 1.57. The number of rotatable bonds is 5. The molecule has 0 radical (unpaired) electrons. The maximum Gasteiger partial charge on any atom is 0.117 e. The Balaban J connectivity index is 1.92. The Bertz CT molecular complexity index is 496. The Morgan fingerprint density at radius 3 is 3.06 bits per heavy atom. The summed E-state index contributed by atoms with van der Waals surface area (Å²) in [5.41, 5.74) is 1.07. The van der Waals surface area contributed by atoms with Gasteiger partial charge in [-0.15, -0.1) is 12.3 Å². The number of terminal acetylenes is 1. The molecule has 0 amide bonds. The van der Waals surface area contributed by atoms with Gasteiger partial charge in [-0.3, -0.25) is 0 Å². The smallest absolute Gasteiger partial charge is 0.117 e. The van der Waals surface area contributed by atoms with Gasteiger partial charge in [-0.05, 0) is 36.5 Å². The molecule has 1 aromatic heterocycles. The van der Waals surface area contributed by atoms with E-state index in [0.717, 1.165) is 36.3 Å². The van der Waals surface area contributed by atoms with Crippen LogP contribution in [0.15, 0.2) is 24.3 Å². The molecule has 2 aromatic rings. The lowest BCUT2D eigenvalue weighted by Gasteiger charge is -2.02. The average Bonchev–Trinajstić information content (AvgIpc) is 2.73. The van der Waals surface area contributed by atoms with Crippen molar-refractivity contribution in [3.63, 3.8) is 0 Å². The topological polar surface area (TPSA) is 24.9 Å². The SMILES string of the molecule is C#CCCCCNc1snc2ccccc12. The first-order chi connectivity index (χ1) is 7.92. The molecule has 3 heteroatoms. The predicted molar refractivity (Wildman–Crippen MR) is 70.8 cm³/mol. The van der Waals surface area contributed by atoms with Crippen LogP contribution in [-0.4, -0.2) is 10.9 Å². The number of anilines is 1. The highest BCUT2D eigenvalue weighted by atomic mass is 32.1. The number of aromatic nitrogens is 1. The van der Waals surface area contributed by atoms with Crippen LogP contribution in [0, 0.1) is 12.3 Å². The molecular weight excluding hydrogens is 216 g/mol. The molecule has 0 atom stereocenters. The van der Waals surface area contributed by atoms with Gasteiger partial charge < -0.3 is 5.32 Å². The Morgan fingerprint density at radius 1 is 1.31 bits per heavy atom. The van der Waals surface area contributed by atoms with Gasteiger partial charge in [0, 0.05) is 18.4 Å². The molecule has 0 saturated heterocycles. The van der Waals surface area contributed by atoms with E-state index < -0.39 is 0 Å². The zero-order valence-corrected chi connectivity index (χ0v) is 9.89. The minimum atomic E-state index is 0.866. The Kier molecular flexibility index (Phi) is 3.79. The maximum absolute atomic E-state index is 5.20. The van der Waals surface area contributed by atoms with Crippen LogP contribution >= 0.6 is 11.5 Å². The van der Waals surface area contributed by atoms with Gasteiger partial charge in [0.1, 0.15) is 5.00 Å². The molecule has 0 bridgehead atoms. The first-order valence-electron chi connectivity index (χ1n) is 5.43. The van der Waals surface area contributed by atoms with Crippen molar-refractivity contribution in [2.75, 3.05) is 11.9 Å². The second kappa shape index (κ2) is 5.53. The highest BCUT2D eigenvalue weighted by Gasteiger charge is 2.03. The Labute approximate surface area is 99.9 Å². The molecule has 2 nitrogen and oxygen atoms in total. The summed E-state index contributed by atoms with van der Waals surface area (Å²) in [6.07, 6.45) is 8.26. The fourth-order valence-corrected chi connectivity index (χ4v) is 2.36. The minimum absolute atomic E-state index is 0.866. The summed E-state index contributed by atoms with van der Waals surface area (Å²) in [4.78, 5) is 0. The van der Waals surface area contributed by atoms with Crippen LogP contribution in [0.25, 0.3) is 10.9 Å². The fraction of sp³-hybridized carbons (Fsp3) is 0.308. The third kappa shape index (κ3) is 2.53. The average molecular weight is 230 g/mol. The van der Waals surface area contributed by atoms with Gasteiger partial charge in [-0.25, -0.2) is 0 Å². The van der Waals surface area contributed by atoms with E-state index in [1.54, 1.807) is 0 Å². The van der Waals surface area contributed by atoms with Crippen molar-refractivity contribution in [1.82, 2.24) is 4.37 Å². The Morgan fingerprint density at radius 2 is 2.19 bits per heavy atom. The molecule has 0 aliphatic rings. The standard InChI is InChI=1S/C13H14N2S/c1-2-3-4-7-10-14-13-11-8-5-6-9-12(11)15-16-13/h1,5-6,8-9,14H,3-4,7,10H2. The molecule has 0 unspecified atom stereocenters. The number of unbranched alkanes of at least 4 members (excludes halogenated alkanes) is 2. The van der Waals surface area contributed by atoms with Gasteiger partial charge in [-0.2, -0.15) is 4.37 Å².